The third kappa shape index (κ3) is 9.21. The number of hydrogen-bond acceptors (Lipinski definition) is 0. The van der Waals surface area contributed by atoms with Gasteiger partial charge >= 0.3 is 0 Å². The normalized spacial score (nSPS) is 13.3. The van der Waals surface area contributed by atoms with Crippen molar-refractivity contribution in [2.45, 2.75) is 38.5 Å². The van der Waals surface area contributed by atoms with Crippen LogP contribution in [0.5, 0.6) is 0 Å². The third-order valence-electron chi connectivity index (χ3n) is 23.4. The minimum Gasteiger partial charge on any atom is -0.309 e. The van der Waals surface area contributed by atoms with Crippen LogP contribution in [0.2, 0.25) is 0 Å². The van der Waals surface area contributed by atoms with E-state index in [1.165, 1.54) is 197 Å². The molecule has 0 aliphatic heterocycles. The van der Waals surface area contributed by atoms with Gasteiger partial charge in [-0.2, -0.15) is 0 Å². The van der Waals surface area contributed by atoms with Crippen molar-refractivity contribution in [3.63, 3.8) is 0 Å². The fourth-order valence-electron chi connectivity index (χ4n) is 18.3. The Hall–Kier alpha value is -12.9. The van der Waals surface area contributed by atoms with Crippen molar-refractivity contribution in [1.29, 1.82) is 0 Å². The molecule has 2 heteroatoms. The Kier molecular flexibility index (Phi) is 13.1. The lowest BCUT2D eigenvalue weighted by atomic mass is 9.79. The summed E-state index contributed by atoms with van der Waals surface area (Å²) >= 11 is 0. The fourth-order valence-corrected chi connectivity index (χ4v) is 18.3. The highest BCUT2D eigenvalue weighted by atomic mass is 15.0. The second kappa shape index (κ2) is 22.8. The molecule has 2 aliphatic rings. The van der Waals surface area contributed by atoms with Gasteiger partial charge in [0.05, 0.1) is 22.1 Å². The summed E-state index contributed by atoms with van der Waals surface area (Å²) in [5, 5.41) is 20.5. The molecule has 18 aromatic carbocycles. The maximum atomic E-state index is 2.49. The number of aromatic nitrogens is 2. The molecule has 0 atom stereocenters. The first-order valence-electron chi connectivity index (χ1n) is 36.5. The molecule has 0 radical (unpaired) electrons. The molecule has 0 unspecified atom stereocenters. The first-order valence-corrected chi connectivity index (χ1v) is 36.5. The molecule has 2 heterocycles. The largest absolute Gasteiger partial charge is 0.309 e. The maximum Gasteiger partial charge on any atom is 0.0547 e. The van der Waals surface area contributed by atoms with Crippen LogP contribution in [-0.2, 0) is 10.8 Å². The van der Waals surface area contributed by atoms with Gasteiger partial charge in [0.1, 0.15) is 0 Å². The Bertz CT molecular complexity index is 6990. The Morgan fingerprint density at radius 2 is 0.587 bits per heavy atom. The highest BCUT2D eigenvalue weighted by Crippen LogP contribution is 2.56. The number of nitrogens with zero attached hydrogens (tertiary/aromatic N) is 2. The van der Waals surface area contributed by atoms with E-state index in [-0.39, 0.29) is 10.8 Å². The lowest BCUT2D eigenvalue weighted by molar-refractivity contribution is 0.662. The predicted octanol–water partition coefficient (Wildman–Crippen LogP) is 27.8. The highest BCUT2D eigenvalue weighted by Gasteiger charge is 2.39. The van der Waals surface area contributed by atoms with E-state index < -0.39 is 0 Å². The summed E-state index contributed by atoms with van der Waals surface area (Å²) in [6.07, 6.45) is 0. The second-order valence-electron chi connectivity index (χ2n) is 29.9. The van der Waals surface area contributed by atoms with Crippen LogP contribution in [0.15, 0.2) is 352 Å². The number of fused-ring (bicyclic) bond motifs is 20. The van der Waals surface area contributed by atoms with Crippen LogP contribution in [0, 0.1) is 0 Å². The Labute approximate surface area is 604 Å². The van der Waals surface area contributed by atoms with Crippen LogP contribution in [0.4, 0.5) is 0 Å². The summed E-state index contributed by atoms with van der Waals surface area (Å²) < 4.78 is 4.85. The van der Waals surface area contributed by atoms with Crippen molar-refractivity contribution in [3.05, 3.63) is 374 Å². The van der Waals surface area contributed by atoms with E-state index in [0.29, 0.717) is 0 Å². The summed E-state index contributed by atoms with van der Waals surface area (Å²) in [5.74, 6) is 0. The lowest BCUT2D eigenvalue weighted by Gasteiger charge is -2.24. The molecule has 2 aliphatic carbocycles. The van der Waals surface area contributed by atoms with Gasteiger partial charge in [-0.1, -0.05) is 276 Å². The van der Waals surface area contributed by atoms with Crippen LogP contribution in [0.25, 0.3) is 186 Å². The average molecular weight is 1320 g/mol. The van der Waals surface area contributed by atoms with Gasteiger partial charge in [-0.05, 0) is 257 Å². The molecule has 20 aromatic rings. The zero-order valence-corrected chi connectivity index (χ0v) is 58.4. The SMILES string of the molecule is CC1(C)c2cc(-c3cccc(-c4ccc5cc(-c6ccc7ccccc7c6)ccc5c4)c3)c3ccccc3c2-c2ccc3ccccc3c21.CC1(C)c2cc3ccccc3cc2-c2cc3cc(-c4ccc5c6ccccc6n(-c6cccc(-n7c8ccccc8c8ccccc87)c6)c5c4)ccc3cc21. The summed E-state index contributed by atoms with van der Waals surface area (Å²) in [7, 11) is 0. The van der Waals surface area contributed by atoms with Gasteiger partial charge < -0.3 is 9.13 Å². The van der Waals surface area contributed by atoms with E-state index in [4.69, 9.17) is 0 Å². The average Bonchev–Trinajstić information content (AvgIpc) is 1.56. The molecule has 0 saturated heterocycles. The molecule has 104 heavy (non-hydrogen) atoms. The summed E-state index contributed by atoms with van der Waals surface area (Å²) in [4.78, 5) is 0. The number of hydrogen-bond donors (Lipinski definition) is 0. The molecule has 488 valence electrons. The summed E-state index contributed by atoms with van der Waals surface area (Å²) in [6.45, 7) is 9.55. The van der Waals surface area contributed by atoms with E-state index in [0.717, 1.165) is 11.4 Å². The van der Waals surface area contributed by atoms with Gasteiger partial charge in [0.15, 0.2) is 0 Å². The molecule has 22 rings (SSSR count). The van der Waals surface area contributed by atoms with E-state index in [9.17, 15) is 0 Å². The molecule has 0 fully saturated rings. The molecule has 2 nitrogen and oxygen atoms in total. The van der Waals surface area contributed by atoms with Gasteiger partial charge in [-0.3, -0.25) is 0 Å². The maximum absolute atomic E-state index is 2.49. The van der Waals surface area contributed by atoms with Gasteiger partial charge in [0, 0.05) is 43.7 Å². The van der Waals surface area contributed by atoms with E-state index >= 15 is 0 Å². The molecule has 0 spiro atoms. The van der Waals surface area contributed by atoms with Crippen molar-refractivity contribution in [3.8, 4) is 78.1 Å². The predicted molar refractivity (Wildman–Crippen MR) is 443 cm³/mol. The van der Waals surface area contributed by atoms with Crippen LogP contribution < -0.4 is 0 Å². The van der Waals surface area contributed by atoms with E-state index in [2.05, 4.69) is 389 Å². The molecule has 0 amide bonds. The number of benzene rings is 18. The molecule has 0 N–H and O–H groups in total. The second-order valence-corrected chi connectivity index (χ2v) is 29.9. The van der Waals surface area contributed by atoms with Crippen LogP contribution in [0.3, 0.4) is 0 Å². The van der Waals surface area contributed by atoms with Crippen molar-refractivity contribution in [2.24, 2.45) is 0 Å². The van der Waals surface area contributed by atoms with Crippen LogP contribution in [0.1, 0.15) is 49.9 Å². The third-order valence-corrected chi connectivity index (χ3v) is 23.4. The zero-order valence-electron chi connectivity index (χ0n) is 58.4. The standard InChI is InChI=1S/C53H36N2.C49H34/c1-53(2)47-29-34-13-4-3-12-33(34)27-45(47)46-28-38-26-35(22-23-36(38)30-48(46)53)37-24-25-44-43-18-7-10-21-51(43)55(52(44)31-37)40-15-11-14-39(32-40)54-49-19-8-5-16-41(49)42-17-6-9-20-50(42)54;1-49(2)46-30-45(42-16-7-8-17-43(42)47(46)44-25-24-32-11-5-6-15-41(32)48(44)49)40-14-9-13-34(29-40)35-20-21-39-28-38(23-22-37(39)27-35)36-19-18-31-10-3-4-12-33(31)26-36/h3-32H,1-2H3;3-30H,1-2H3. The van der Waals surface area contributed by atoms with Crippen molar-refractivity contribution in [2.75, 3.05) is 0 Å². The van der Waals surface area contributed by atoms with Gasteiger partial charge in [-0.25, -0.2) is 0 Å². The van der Waals surface area contributed by atoms with Gasteiger partial charge in [-0.15, -0.1) is 0 Å². The van der Waals surface area contributed by atoms with Crippen molar-refractivity contribution >= 4 is 108 Å². The Morgan fingerprint density at radius 3 is 1.19 bits per heavy atom. The molecular weight excluding hydrogens is 1250 g/mol. The fraction of sp³-hybridized carbons (Fsp3) is 0.0588. The highest BCUT2D eigenvalue weighted by molar-refractivity contribution is 6.14. The van der Waals surface area contributed by atoms with Crippen LogP contribution >= 0.6 is 0 Å². The minimum absolute atomic E-state index is 0.0567. The summed E-state index contributed by atoms with van der Waals surface area (Å²) in [5.41, 5.74) is 28.0. The molecular formula is C102H70N2. The van der Waals surface area contributed by atoms with Gasteiger partial charge in [0.25, 0.3) is 0 Å². The Balaban J connectivity index is 0.000000135. The van der Waals surface area contributed by atoms with Crippen molar-refractivity contribution in [1.82, 2.24) is 9.13 Å². The van der Waals surface area contributed by atoms with E-state index in [1.54, 1.807) is 0 Å². The number of rotatable bonds is 6. The molecule has 0 bridgehead atoms. The number of para-hydroxylation sites is 3. The van der Waals surface area contributed by atoms with Gasteiger partial charge in [0.2, 0.25) is 0 Å². The monoisotopic (exact) mass is 1320 g/mol. The first-order chi connectivity index (χ1) is 51.0. The summed E-state index contributed by atoms with van der Waals surface area (Å²) in [6, 6.07) is 131. The molecule has 2 aromatic heterocycles. The minimum atomic E-state index is -0.119. The molecule has 0 saturated carbocycles. The zero-order chi connectivity index (χ0) is 69.1. The Morgan fingerprint density at radius 1 is 0.192 bits per heavy atom. The first kappa shape index (κ1) is 59.9. The smallest absolute Gasteiger partial charge is 0.0547 e. The van der Waals surface area contributed by atoms with Crippen molar-refractivity contribution < 1.29 is 0 Å². The van der Waals surface area contributed by atoms with E-state index in [1.807, 2.05) is 0 Å². The topological polar surface area (TPSA) is 9.86 Å². The lowest BCUT2D eigenvalue weighted by Crippen LogP contribution is -2.15. The quantitative estimate of drug-likeness (QED) is 0.157. The van der Waals surface area contributed by atoms with Crippen LogP contribution in [-0.4, -0.2) is 9.13 Å².